The molecule has 35 heavy (non-hydrogen) atoms. The molecule has 1 aliphatic heterocycles. The molecule has 0 fully saturated rings. The lowest BCUT2D eigenvalue weighted by atomic mass is 10.2. The number of nitrogens with zero attached hydrogens (tertiary/aromatic N) is 3. The Kier molecular flexibility index (Phi) is 6.15. The SMILES string of the molecule is Cc1ccc2nc(C3=C(N=Nc4cccc(NS(=O)(=O)Cc5ccccc5)c4)COC=C3)oc2c1. The average Bonchev–Trinajstić information content (AvgIpc) is 3.26. The van der Waals surface area contributed by atoms with E-state index in [-0.39, 0.29) is 12.4 Å². The standard InChI is InChI=1S/C26H22N4O4S/c1-18-10-11-23-25(14-18)34-26(27-23)22-12-13-33-16-24(22)29-28-20-8-5-9-21(15-20)30-35(31,32)17-19-6-3-2-4-7-19/h2-15,30H,16-17H2,1H3. The van der Waals surface area contributed by atoms with Crippen molar-refractivity contribution in [2.45, 2.75) is 12.7 Å². The molecule has 9 heteroatoms. The number of anilines is 1. The normalized spacial score (nSPS) is 14.0. The molecular weight excluding hydrogens is 464 g/mol. The molecule has 0 saturated heterocycles. The first-order chi connectivity index (χ1) is 16.9. The quantitative estimate of drug-likeness (QED) is 0.317. The summed E-state index contributed by atoms with van der Waals surface area (Å²) in [5.74, 6) is 0.310. The minimum absolute atomic E-state index is 0.121. The molecule has 0 saturated carbocycles. The zero-order valence-corrected chi connectivity index (χ0v) is 19.7. The van der Waals surface area contributed by atoms with Crippen LogP contribution >= 0.6 is 0 Å². The van der Waals surface area contributed by atoms with Gasteiger partial charge in [-0.15, -0.1) is 0 Å². The summed E-state index contributed by atoms with van der Waals surface area (Å²) >= 11 is 0. The largest absolute Gasteiger partial charge is 0.495 e. The van der Waals surface area contributed by atoms with Gasteiger partial charge in [-0.3, -0.25) is 4.72 Å². The van der Waals surface area contributed by atoms with E-state index in [2.05, 4.69) is 19.9 Å². The topological polar surface area (TPSA) is 106 Å². The maximum atomic E-state index is 12.6. The molecule has 0 unspecified atom stereocenters. The van der Waals surface area contributed by atoms with E-state index in [0.29, 0.717) is 39.7 Å². The van der Waals surface area contributed by atoms with Crippen molar-refractivity contribution in [2.24, 2.45) is 10.2 Å². The van der Waals surface area contributed by atoms with Crippen molar-refractivity contribution in [3.05, 3.63) is 108 Å². The molecule has 1 aliphatic rings. The minimum Gasteiger partial charge on any atom is -0.495 e. The number of aryl methyl sites for hydroxylation is 1. The van der Waals surface area contributed by atoms with Gasteiger partial charge in [-0.25, -0.2) is 13.4 Å². The van der Waals surface area contributed by atoms with Crippen LogP contribution in [0.2, 0.25) is 0 Å². The van der Waals surface area contributed by atoms with Gasteiger partial charge >= 0.3 is 0 Å². The van der Waals surface area contributed by atoms with Crippen LogP contribution in [0.5, 0.6) is 0 Å². The van der Waals surface area contributed by atoms with Crippen molar-refractivity contribution >= 4 is 38.1 Å². The molecule has 1 N–H and O–H groups in total. The van der Waals surface area contributed by atoms with E-state index in [4.69, 9.17) is 9.15 Å². The summed E-state index contributed by atoms with van der Waals surface area (Å²) in [5.41, 5.74) is 5.34. The fourth-order valence-corrected chi connectivity index (χ4v) is 4.79. The van der Waals surface area contributed by atoms with Gasteiger partial charge in [0.25, 0.3) is 0 Å². The highest BCUT2D eigenvalue weighted by Crippen LogP contribution is 2.29. The molecule has 0 aliphatic carbocycles. The Labute approximate surface area is 202 Å². The van der Waals surface area contributed by atoms with E-state index >= 15 is 0 Å². The van der Waals surface area contributed by atoms with E-state index in [9.17, 15) is 8.42 Å². The van der Waals surface area contributed by atoms with Crippen LogP contribution < -0.4 is 4.72 Å². The third kappa shape index (κ3) is 5.47. The number of rotatable bonds is 7. The number of sulfonamides is 1. The molecule has 0 amide bonds. The van der Waals surface area contributed by atoms with E-state index in [1.165, 1.54) is 0 Å². The lowest BCUT2D eigenvalue weighted by Gasteiger charge is -2.10. The number of nitrogens with one attached hydrogen (secondary N) is 1. The number of fused-ring (bicyclic) bond motifs is 1. The molecule has 8 nitrogen and oxygen atoms in total. The first kappa shape index (κ1) is 22.5. The summed E-state index contributed by atoms with van der Waals surface area (Å²) in [4.78, 5) is 4.56. The van der Waals surface area contributed by atoms with Crippen molar-refractivity contribution in [3.8, 4) is 0 Å². The number of oxazole rings is 1. The predicted octanol–water partition coefficient (Wildman–Crippen LogP) is 6.12. The highest BCUT2D eigenvalue weighted by atomic mass is 32.2. The number of ether oxygens (including phenoxy) is 1. The smallest absolute Gasteiger partial charge is 0.236 e. The number of allylic oxidation sites excluding steroid dienone is 2. The fourth-order valence-electron chi connectivity index (χ4n) is 3.60. The van der Waals surface area contributed by atoms with Crippen molar-refractivity contribution in [1.29, 1.82) is 0 Å². The molecule has 176 valence electrons. The Morgan fingerprint density at radius 3 is 2.71 bits per heavy atom. The third-order valence-corrected chi connectivity index (χ3v) is 6.50. The third-order valence-electron chi connectivity index (χ3n) is 5.24. The summed E-state index contributed by atoms with van der Waals surface area (Å²) in [6.45, 7) is 2.20. The van der Waals surface area contributed by atoms with Crippen molar-refractivity contribution in [2.75, 3.05) is 11.3 Å². The van der Waals surface area contributed by atoms with Gasteiger partial charge in [0.2, 0.25) is 15.9 Å². The Morgan fingerprint density at radius 2 is 1.86 bits per heavy atom. The highest BCUT2D eigenvalue weighted by molar-refractivity contribution is 7.91. The van der Waals surface area contributed by atoms with Crippen molar-refractivity contribution in [3.63, 3.8) is 0 Å². The van der Waals surface area contributed by atoms with Crippen molar-refractivity contribution < 1.29 is 17.6 Å². The second-order valence-corrected chi connectivity index (χ2v) is 9.78. The summed E-state index contributed by atoms with van der Waals surface area (Å²) < 4.78 is 39.1. The number of aromatic nitrogens is 1. The minimum atomic E-state index is -3.58. The molecule has 5 rings (SSSR count). The van der Waals surface area contributed by atoms with Crippen LogP contribution in [-0.2, 0) is 20.5 Å². The first-order valence-corrected chi connectivity index (χ1v) is 12.6. The van der Waals surface area contributed by atoms with Gasteiger partial charge in [-0.2, -0.15) is 10.2 Å². The summed E-state index contributed by atoms with van der Waals surface area (Å²) in [7, 11) is -3.58. The molecule has 0 atom stereocenters. The number of azo groups is 1. The van der Waals surface area contributed by atoms with Crippen molar-refractivity contribution in [1.82, 2.24) is 4.98 Å². The first-order valence-electron chi connectivity index (χ1n) is 10.9. The van der Waals surface area contributed by atoms with E-state index < -0.39 is 10.0 Å². The highest BCUT2D eigenvalue weighted by Gasteiger charge is 2.17. The van der Waals surface area contributed by atoms with Gasteiger partial charge in [0, 0.05) is 0 Å². The fraction of sp³-hybridized carbons (Fsp3) is 0.115. The van der Waals surface area contributed by atoms with Gasteiger partial charge in [-0.05, 0) is 54.5 Å². The van der Waals surface area contributed by atoms with Gasteiger partial charge in [-0.1, -0.05) is 42.5 Å². The van der Waals surface area contributed by atoms with E-state index in [0.717, 1.165) is 11.1 Å². The maximum Gasteiger partial charge on any atom is 0.236 e. The van der Waals surface area contributed by atoms with Crippen LogP contribution in [-0.4, -0.2) is 20.0 Å². The molecule has 3 aromatic carbocycles. The molecular formula is C26H22N4O4S. The van der Waals surface area contributed by atoms with Gasteiger partial charge in [0.05, 0.1) is 29.0 Å². The molecule has 0 spiro atoms. The van der Waals surface area contributed by atoms with Crippen LogP contribution in [0.4, 0.5) is 11.4 Å². The number of hydrogen-bond donors (Lipinski definition) is 1. The number of hydrogen-bond acceptors (Lipinski definition) is 7. The summed E-state index contributed by atoms with van der Waals surface area (Å²) in [6, 6.07) is 21.6. The van der Waals surface area contributed by atoms with Crippen LogP contribution in [0, 0.1) is 6.92 Å². The Bertz CT molecular complexity index is 1570. The van der Waals surface area contributed by atoms with Gasteiger partial charge in [0.15, 0.2) is 5.58 Å². The van der Waals surface area contributed by atoms with Crippen LogP contribution in [0.1, 0.15) is 17.0 Å². The van der Waals surface area contributed by atoms with Crippen LogP contribution in [0.15, 0.2) is 105 Å². The van der Waals surface area contributed by atoms with E-state index in [1.54, 1.807) is 60.9 Å². The maximum absolute atomic E-state index is 12.6. The Hall–Kier alpha value is -4.24. The predicted molar refractivity (Wildman–Crippen MR) is 134 cm³/mol. The zero-order valence-electron chi connectivity index (χ0n) is 18.9. The molecule has 1 aromatic heterocycles. The Balaban J connectivity index is 1.38. The number of benzene rings is 3. The van der Waals surface area contributed by atoms with Crippen LogP contribution in [0.3, 0.4) is 0 Å². The lowest BCUT2D eigenvalue weighted by Crippen LogP contribution is -2.14. The zero-order chi connectivity index (χ0) is 24.3. The molecule has 0 radical (unpaired) electrons. The lowest BCUT2D eigenvalue weighted by molar-refractivity contribution is 0.274. The van der Waals surface area contributed by atoms with Gasteiger partial charge in [0.1, 0.15) is 17.8 Å². The average molecular weight is 487 g/mol. The van der Waals surface area contributed by atoms with Crippen LogP contribution in [0.25, 0.3) is 16.7 Å². The second-order valence-electron chi connectivity index (χ2n) is 8.06. The molecule has 2 heterocycles. The second kappa shape index (κ2) is 9.55. The molecule has 4 aromatic rings. The summed E-state index contributed by atoms with van der Waals surface area (Å²) in [5, 5.41) is 8.65. The van der Waals surface area contributed by atoms with E-state index in [1.807, 2.05) is 31.2 Å². The van der Waals surface area contributed by atoms with Gasteiger partial charge < -0.3 is 9.15 Å². The molecule has 0 bridgehead atoms. The Morgan fingerprint density at radius 1 is 1.00 bits per heavy atom. The monoisotopic (exact) mass is 486 g/mol. The summed E-state index contributed by atoms with van der Waals surface area (Å²) in [6.07, 6.45) is 3.31.